The van der Waals surface area contributed by atoms with Gasteiger partial charge in [0.1, 0.15) is 23.9 Å². The molecule has 0 radical (unpaired) electrons. The molecule has 3 aromatic rings. The minimum atomic E-state index is -4.15. The average molecular weight is 503 g/mol. The van der Waals surface area contributed by atoms with Crippen LogP contribution in [0.2, 0.25) is 5.02 Å². The molecule has 10 heteroatoms. The Balaban J connectivity index is 1.61. The molecule has 1 aliphatic rings. The third-order valence-electron chi connectivity index (χ3n) is 5.09. The van der Waals surface area contributed by atoms with E-state index in [1.54, 1.807) is 42.5 Å². The van der Waals surface area contributed by atoms with Gasteiger partial charge in [-0.3, -0.25) is 4.79 Å². The van der Waals surface area contributed by atoms with Crippen LogP contribution in [0.5, 0.6) is 17.2 Å². The molecule has 0 fully saturated rings. The quantitative estimate of drug-likeness (QED) is 0.501. The number of amides is 1. The fraction of sp³-hybridized carbons (Fsp3) is 0.208. The lowest BCUT2D eigenvalue weighted by Gasteiger charge is -2.23. The van der Waals surface area contributed by atoms with Crippen molar-refractivity contribution in [1.82, 2.24) is 4.31 Å². The van der Waals surface area contributed by atoms with Crippen molar-refractivity contribution in [1.29, 1.82) is 0 Å². The number of rotatable bonds is 8. The molecular formula is C24H23ClN2O6S. The molecule has 34 heavy (non-hydrogen) atoms. The Bertz CT molecular complexity index is 1280. The highest BCUT2D eigenvalue weighted by Gasteiger charge is 2.30. The van der Waals surface area contributed by atoms with Crippen molar-refractivity contribution in [3.63, 3.8) is 0 Å². The van der Waals surface area contributed by atoms with Gasteiger partial charge in [-0.1, -0.05) is 41.9 Å². The Morgan fingerprint density at radius 2 is 1.76 bits per heavy atom. The predicted molar refractivity (Wildman–Crippen MR) is 128 cm³/mol. The highest BCUT2D eigenvalue weighted by atomic mass is 35.5. The Labute approximate surface area is 203 Å². The molecule has 1 amide bonds. The monoisotopic (exact) mass is 502 g/mol. The summed E-state index contributed by atoms with van der Waals surface area (Å²) in [6.45, 7) is 0.418. The number of carbonyl (C=O) groups is 1. The minimum Gasteiger partial charge on any atom is -0.495 e. The molecule has 4 rings (SSSR count). The molecule has 0 aromatic heterocycles. The molecule has 178 valence electrons. The second kappa shape index (κ2) is 10.3. The lowest BCUT2D eigenvalue weighted by molar-refractivity contribution is -0.116. The standard InChI is InChI=1S/C24H23ClN2O6S/c1-31-21-9-7-18(25)13-23(21)34(29,30)27(15-17-5-3-2-4-6-17)16-24(28)26-19-8-10-20-22(14-19)33-12-11-32-20/h2-10,13-14H,11-12,15-16H2,1H3,(H,26,28). The van der Waals surface area contributed by atoms with Gasteiger partial charge in [-0.2, -0.15) is 4.31 Å². The van der Waals surface area contributed by atoms with E-state index in [0.717, 1.165) is 9.87 Å². The van der Waals surface area contributed by atoms with Crippen molar-refractivity contribution in [2.45, 2.75) is 11.4 Å². The van der Waals surface area contributed by atoms with E-state index in [4.69, 9.17) is 25.8 Å². The van der Waals surface area contributed by atoms with Gasteiger partial charge in [-0.15, -0.1) is 0 Å². The number of methoxy groups -OCH3 is 1. The van der Waals surface area contributed by atoms with Crippen LogP contribution in [0.1, 0.15) is 5.56 Å². The second-order valence-corrected chi connectivity index (χ2v) is 9.80. The van der Waals surface area contributed by atoms with E-state index in [-0.39, 0.29) is 22.2 Å². The minimum absolute atomic E-state index is 0.0204. The van der Waals surface area contributed by atoms with Crippen LogP contribution in [0.4, 0.5) is 5.69 Å². The molecule has 1 heterocycles. The van der Waals surface area contributed by atoms with Crippen molar-refractivity contribution in [3.8, 4) is 17.2 Å². The van der Waals surface area contributed by atoms with Gasteiger partial charge < -0.3 is 19.5 Å². The zero-order valence-corrected chi connectivity index (χ0v) is 19.9. The number of ether oxygens (including phenoxy) is 3. The van der Waals surface area contributed by atoms with Gasteiger partial charge in [-0.25, -0.2) is 8.42 Å². The summed E-state index contributed by atoms with van der Waals surface area (Å²) in [5, 5.41) is 2.97. The average Bonchev–Trinajstić information content (AvgIpc) is 2.84. The first kappa shape index (κ1) is 23.9. The number of carbonyl (C=O) groups excluding carboxylic acids is 1. The first-order valence-corrected chi connectivity index (χ1v) is 12.3. The number of anilines is 1. The molecule has 8 nitrogen and oxygen atoms in total. The number of sulfonamides is 1. The molecule has 0 atom stereocenters. The number of hydrogen-bond acceptors (Lipinski definition) is 6. The lowest BCUT2D eigenvalue weighted by Crippen LogP contribution is -2.37. The third-order valence-corrected chi connectivity index (χ3v) is 7.14. The third kappa shape index (κ3) is 5.44. The van der Waals surface area contributed by atoms with Crippen molar-refractivity contribution in [3.05, 3.63) is 77.3 Å². The molecule has 0 saturated heterocycles. The molecule has 0 spiro atoms. The van der Waals surface area contributed by atoms with Gasteiger partial charge in [-0.05, 0) is 35.9 Å². The van der Waals surface area contributed by atoms with Gasteiger partial charge in [0.2, 0.25) is 15.9 Å². The summed E-state index contributed by atoms with van der Waals surface area (Å²) in [4.78, 5) is 12.8. The molecule has 0 saturated carbocycles. The number of fused-ring (bicyclic) bond motifs is 1. The van der Waals surface area contributed by atoms with E-state index >= 15 is 0 Å². The molecule has 1 N–H and O–H groups in total. The molecular weight excluding hydrogens is 480 g/mol. The van der Waals surface area contributed by atoms with Gasteiger partial charge >= 0.3 is 0 Å². The maximum atomic E-state index is 13.6. The zero-order chi connectivity index (χ0) is 24.1. The first-order valence-electron chi connectivity index (χ1n) is 10.4. The zero-order valence-electron chi connectivity index (χ0n) is 18.4. The lowest BCUT2D eigenvalue weighted by atomic mass is 10.2. The van der Waals surface area contributed by atoms with Gasteiger partial charge in [0.15, 0.2) is 11.5 Å². The van der Waals surface area contributed by atoms with Crippen molar-refractivity contribution in [2.75, 3.05) is 32.2 Å². The summed E-state index contributed by atoms with van der Waals surface area (Å²) < 4.78 is 44.6. The van der Waals surface area contributed by atoms with Crippen LogP contribution in [0, 0.1) is 0 Å². The number of hydrogen-bond donors (Lipinski definition) is 1. The fourth-order valence-electron chi connectivity index (χ4n) is 3.49. The maximum Gasteiger partial charge on any atom is 0.247 e. The van der Waals surface area contributed by atoms with E-state index < -0.39 is 22.5 Å². The Hall–Kier alpha value is -3.27. The van der Waals surface area contributed by atoms with Gasteiger partial charge in [0.05, 0.1) is 13.7 Å². The van der Waals surface area contributed by atoms with Crippen LogP contribution >= 0.6 is 11.6 Å². The summed E-state index contributed by atoms with van der Waals surface area (Å²) >= 11 is 6.08. The van der Waals surface area contributed by atoms with Crippen LogP contribution in [0.25, 0.3) is 0 Å². The smallest absolute Gasteiger partial charge is 0.247 e. The number of halogens is 1. The molecule has 0 unspecified atom stereocenters. The van der Waals surface area contributed by atoms with E-state index in [2.05, 4.69) is 5.32 Å². The number of benzene rings is 3. The van der Waals surface area contributed by atoms with Crippen LogP contribution < -0.4 is 19.5 Å². The summed E-state index contributed by atoms with van der Waals surface area (Å²) in [6, 6.07) is 18.3. The van der Waals surface area contributed by atoms with Crippen LogP contribution in [-0.4, -0.2) is 45.5 Å². The predicted octanol–water partition coefficient (Wildman–Crippen LogP) is 3.95. The highest BCUT2D eigenvalue weighted by Crippen LogP contribution is 2.33. The van der Waals surface area contributed by atoms with E-state index in [0.29, 0.717) is 30.4 Å². The summed E-state index contributed by atoms with van der Waals surface area (Å²) in [6.07, 6.45) is 0. The van der Waals surface area contributed by atoms with Crippen molar-refractivity contribution in [2.24, 2.45) is 0 Å². The molecule has 3 aromatic carbocycles. The number of nitrogens with zero attached hydrogens (tertiary/aromatic N) is 1. The summed E-state index contributed by atoms with van der Waals surface area (Å²) in [7, 11) is -2.77. The maximum absolute atomic E-state index is 13.6. The van der Waals surface area contributed by atoms with Crippen LogP contribution in [0.3, 0.4) is 0 Å². The van der Waals surface area contributed by atoms with Gasteiger partial charge in [0, 0.05) is 23.3 Å². The van der Waals surface area contributed by atoms with Crippen LogP contribution in [-0.2, 0) is 21.4 Å². The van der Waals surface area contributed by atoms with E-state index in [1.807, 2.05) is 6.07 Å². The SMILES string of the molecule is COc1ccc(Cl)cc1S(=O)(=O)N(CC(=O)Nc1ccc2c(c1)OCCO2)Cc1ccccc1. The fourth-order valence-corrected chi connectivity index (χ4v) is 5.29. The summed E-state index contributed by atoms with van der Waals surface area (Å²) in [5.41, 5.74) is 1.19. The number of nitrogens with one attached hydrogen (secondary N) is 1. The van der Waals surface area contributed by atoms with Crippen molar-refractivity contribution < 1.29 is 27.4 Å². The normalized spacial score (nSPS) is 12.9. The van der Waals surface area contributed by atoms with Gasteiger partial charge in [0.25, 0.3) is 0 Å². The molecule has 0 bridgehead atoms. The van der Waals surface area contributed by atoms with Crippen LogP contribution in [0.15, 0.2) is 71.6 Å². The van der Waals surface area contributed by atoms with E-state index in [9.17, 15) is 13.2 Å². The molecule has 1 aliphatic heterocycles. The highest BCUT2D eigenvalue weighted by molar-refractivity contribution is 7.89. The van der Waals surface area contributed by atoms with E-state index in [1.165, 1.54) is 25.3 Å². The second-order valence-electron chi connectivity index (χ2n) is 7.46. The first-order chi connectivity index (χ1) is 16.4. The molecule has 0 aliphatic carbocycles. The Kier molecular flexibility index (Phi) is 7.26. The summed E-state index contributed by atoms with van der Waals surface area (Å²) in [5.74, 6) is 0.721. The Morgan fingerprint density at radius 1 is 1.03 bits per heavy atom. The van der Waals surface area contributed by atoms with Crippen molar-refractivity contribution >= 4 is 33.2 Å². The largest absolute Gasteiger partial charge is 0.495 e. The topological polar surface area (TPSA) is 94.2 Å². The Morgan fingerprint density at radius 3 is 2.50 bits per heavy atom.